The molecule has 0 unspecified atom stereocenters. The topological polar surface area (TPSA) is 50.1 Å². The van der Waals surface area contributed by atoms with Gasteiger partial charge in [-0.3, -0.25) is 4.79 Å². The summed E-state index contributed by atoms with van der Waals surface area (Å²) >= 11 is 0. The van der Waals surface area contributed by atoms with Crippen molar-refractivity contribution in [2.24, 2.45) is 17.8 Å². The zero-order chi connectivity index (χ0) is 18.1. The molecule has 0 aromatic heterocycles. The van der Waals surface area contributed by atoms with Gasteiger partial charge >= 0.3 is 5.97 Å². The lowest BCUT2D eigenvalue weighted by molar-refractivity contribution is -0.157. The van der Waals surface area contributed by atoms with Gasteiger partial charge in [-0.1, -0.05) is 31.9 Å². The first-order valence-corrected chi connectivity index (χ1v) is 9.77. The molecule has 0 N–H and O–H groups in total. The Bertz CT molecular complexity index is 519. The van der Waals surface area contributed by atoms with Gasteiger partial charge in [0.05, 0.1) is 5.92 Å². The predicted octanol–water partition coefficient (Wildman–Crippen LogP) is 5.63. The Morgan fingerprint density at radius 2 is 1.84 bits per heavy atom. The number of hydrogen-bond acceptors (Lipinski definition) is 3. The molecule has 0 saturated heterocycles. The van der Waals surface area contributed by atoms with Crippen molar-refractivity contribution in [3.63, 3.8) is 0 Å². The molecule has 2 fully saturated rings. The number of nitriles is 1. The third-order valence-corrected chi connectivity index (χ3v) is 5.61. The molecule has 2 aliphatic rings. The highest BCUT2D eigenvalue weighted by atomic mass is 19.1. The molecule has 3 nitrogen and oxygen atoms in total. The van der Waals surface area contributed by atoms with Crippen LogP contribution >= 0.6 is 0 Å². The standard InChI is InChI=1S/C21H30FNO2/c1-2-4-16-7-11-18(12-8-16)21(24)25-20-13-9-17(10-14-20)5-3-6-19(22)15-23/h3,5-6,16-18,20H,2,4,7-14H2,1H3/t16-,17-,18-,20-. The van der Waals surface area contributed by atoms with Crippen LogP contribution in [0.3, 0.4) is 0 Å². The van der Waals surface area contributed by atoms with Crippen LogP contribution in [-0.4, -0.2) is 12.1 Å². The molecule has 0 aliphatic heterocycles. The van der Waals surface area contributed by atoms with Gasteiger partial charge in [0.25, 0.3) is 0 Å². The third kappa shape index (κ3) is 6.65. The summed E-state index contributed by atoms with van der Waals surface area (Å²) < 4.78 is 18.5. The zero-order valence-corrected chi connectivity index (χ0v) is 15.3. The second kappa shape index (κ2) is 10.4. The van der Waals surface area contributed by atoms with E-state index in [1.807, 2.05) is 6.08 Å². The maximum atomic E-state index is 12.7. The van der Waals surface area contributed by atoms with Crippen LogP contribution in [0.2, 0.25) is 0 Å². The Morgan fingerprint density at radius 1 is 1.16 bits per heavy atom. The first-order chi connectivity index (χ1) is 12.1. The number of allylic oxidation sites excluding steroid dienone is 4. The van der Waals surface area contributed by atoms with Gasteiger partial charge in [-0.05, 0) is 69.3 Å². The summed E-state index contributed by atoms with van der Waals surface area (Å²) in [5, 5.41) is 8.36. The highest BCUT2D eigenvalue weighted by Crippen LogP contribution is 2.34. The smallest absolute Gasteiger partial charge is 0.309 e. The summed E-state index contributed by atoms with van der Waals surface area (Å²) in [7, 11) is 0. The van der Waals surface area contributed by atoms with E-state index in [2.05, 4.69) is 6.92 Å². The zero-order valence-electron chi connectivity index (χ0n) is 15.3. The molecule has 2 aliphatic carbocycles. The third-order valence-electron chi connectivity index (χ3n) is 5.61. The van der Waals surface area contributed by atoms with Crippen LogP contribution < -0.4 is 0 Å². The quantitative estimate of drug-likeness (QED) is 0.355. The van der Waals surface area contributed by atoms with Crippen LogP contribution in [0.25, 0.3) is 0 Å². The summed E-state index contributed by atoms with van der Waals surface area (Å²) in [6.45, 7) is 2.22. The van der Waals surface area contributed by atoms with Crippen LogP contribution in [0, 0.1) is 29.1 Å². The molecule has 0 spiro atoms. The second-order valence-corrected chi connectivity index (χ2v) is 7.49. The number of carbonyl (C=O) groups excluding carboxylic acids is 1. The van der Waals surface area contributed by atoms with E-state index in [9.17, 15) is 9.18 Å². The van der Waals surface area contributed by atoms with E-state index in [0.29, 0.717) is 5.92 Å². The minimum atomic E-state index is -0.771. The molecule has 0 aromatic rings. The fourth-order valence-electron chi connectivity index (χ4n) is 4.09. The van der Waals surface area contributed by atoms with Gasteiger partial charge in [0.2, 0.25) is 0 Å². The van der Waals surface area contributed by atoms with Crippen molar-refractivity contribution >= 4 is 5.97 Å². The van der Waals surface area contributed by atoms with Gasteiger partial charge in [-0.25, -0.2) is 0 Å². The molecule has 138 valence electrons. The summed E-state index contributed by atoms with van der Waals surface area (Å²) in [6, 6.07) is 1.46. The summed E-state index contributed by atoms with van der Waals surface area (Å²) in [4.78, 5) is 12.4. The summed E-state index contributed by atoms with van der Waals surface area (Å²) in [5.41, 5.74) is 0. The first kappa shape index (κ1) is 19.7. The average Bonchev–Trinajstić information content (AvgIpc) is 2.64. The number of rotatable bonds is 6. The van der Waals surface area contributed by atoms with Crippen molar-refractivity contribution in [1.29, 1.82) is 5.26 Å². The van der Waals surface area contributed by atoms with Crippen LogP contribution in [0.1, 0.15) is 71.1 Å². The normalized spacial score (nSPS) is 30.8. The van der Waals surface area contributed by atoms with E-state index in [0.717, 1.165) is 57.3 Å². The SMILES string of the molecule is CCC[C@H]1CC[C@H](C(=O)O[C@H]2CC[C@H](C=CC=C(F)C#N)CC2)CC1. The molecule has 0 heterocycles. The Labute approximate surface area is 150 Å². The molecule has 25 heavy (non-hydrogen) atoms. The van der Waals surface area contributed by atoms with Crippen molar-refractivity contribution in [2.75, 3.05) is 0 Å². The van der Waals surface area contributed by atoms with Crippen molar-refractivity contribution in [2.45, 2.75) is 77.2 Å². The molecule has 0 radical (unpaired) electrons. The molecule has 0 bridgehead atoms. The number of nitrogens with zero attached hydrogens (tertiary/aromatic N) is 1. The highest BCUT2D eigenvalue weighted by molar-refractivity contribution is 5.72. The van der Waals surface area contributed by atoms with Crippen molar-refractivity contribution < 1.29 is 13.9 Å². The van der Waals surface area contributed by atoms with Crippen LogP contribution in [0.15, 0.2) is 24.1 Å². The summed E-state index contributed by atoms with van der Waals surface area (Å²) in [5.74, 6) is 0.517. The predicted molar refractivity (Wildman–Crippen MR) is 96.1 cm³/mol. The minimum absolute atomic E-state index is 0.00738. The first-order valence-electron chi connectivity index (χ1n) is 9.77. The maximum absolute atomic E-state index is 12.7. The minimum Gasteiger partial charge on any atom is -0.462 e. The van der Waals surface area contributed by atoms with Crippen LogP contribution in [0.4, 0.5) is 4.39 Å². The maximum Gasteiger partial charge on any atom is 0.309 e. The van der Waals surface area contributed by atoms with E-state index < -0.39 is 5.83 Å². The fraction of sp³-hybridized carbons (Fsp3) is 0.714. The Hall–Kier alpha value is -1.63. The van der Waals surface area contributed by atoms with Gasteiger partial charge in [0.15, 0.2) is 5.83 Å². The number of esters is 1. The second-order valence-electron chi connectivity index (χ2n) is 7.49. The number of ether oxygens (including phenoxy) is 1. The molecule has 4 heteroatoms. The van der Waals surface area contributed by atoms with Crippen molar-refractivity contribution in [3.05, 3.63) is 24.1 Å². The molecule has 2 rings (SSSR count). The largest absolute Gasteiger partial charge is 0.462 e. The van der Waals surface area contributed by atoms with Gasteiger partial charge in [0, 0.05) is 0 Å². The molecule has 2 saturated carbocycles. The van der Waals surface area contributed by atoms with Crippen LogP contribution in [-0.2, 0) is 9.53 Å². The lowest BCUT2D eigenvalue weighted by Crippen LogP contribution is -2.29. The number of carbonyl (C=O) groups is 1. The van der Waals surface area contributed by atoms with E-state index >= 15 is 0 Å². The Kier molecular flexibility index (Phi) is 8.18. The lowest BCUT2D eigenvalue weighted by atomic mass is 9.80. The van der Waals surface area contributed by atoms with Gasteiger partial charge in [-0.2, -0.15) is 9.65 Å². The summed E-state index contributed by atoms with van der Waals surface area (Å²) in [6.07, 6.45) is 15.2. The lowest BCUT2D eigenvalue weighted by Gasteiger charge is -2.31. The molecule has 0 atom stereocenters. The Morgan fingerprint density at radius 3 is 2.44 bits per heavy atom. The molecule has 0 amide bonds. The average molecular weight is 347 g/mol. The van der Waals surface area contributed by atoms with Gasteiger partial charge in [0.1, 0.15) is 12.2 Å². The molecule has 0 aromatic carbocycles. The van der Waals surface area contributed by atoms with Crippen molar-refractivity contribution in [3.8, 4) is 6.07 Å². The monoisotopic (exact) mass is 347 g/mol. The highest BCUT2D eigenvalue weighted by Gasteiger charge is 2.30. The van der Waals surface area contributed by atoms with E-state index in [1.54, 1.807) is 6.08 Å². The molecular weight excluding hydrogens is 317 g/mol. The molecular formula is C21H30FNO2. The van der Waals surface area contributed by atoms with E-state index in [1.165, 1.54) is 25.0 Å². The van der Waals surface area contributed by atoms with Gasteiger partial charge in [-0.15, -0.1) is 0 Å². The number of halogens is 1. The van der Waals surface area contributed by atoms with Crippen molar-refractivity contribution in [1.82, 2.24) is 0 Å². The van der Waals surface area contributed by atoms with E-state index in [-0.39, 0.29) is 18.0 Å². The van der Waals surface area contributed by atoms with Crippen LogP contribution in [0.5, 0.6) is 0 Å². The van der Waals surface area contributed by atoms with Gasteiger partial charge < -0.3 is 4.74 Å². The number of hydrogen-bond donors (Lipinski definition) is 0. The van der Waals surface area contributed by atoms with E-state index in [4.69, 9.17) is 10.00 Å². The Balaban J connectivity index is 1.68. The fourth-order valence-corrected chi connectivity index (χ4v) is 4.09.